The van der Waals surface area contributed by atoms with Gasteiger partial charge in [0.25, 0.3) is 10.0 Å². The lowest BCUT2D eigenvalue weighted by Gasteiger charge is -2.09. The van der Waals surface area contributed by atoms with Crippen molar-refractivity contribution in [1.82, 2.24) is 14.8 Å². The third kappa shape index (κ3) is 3.32. The summed E-state index contributed by atoms with van der Waals surface area (Å²) in [6.45, 7) is 0. The van der Waals surface area contributed by atoms with Crippen LogP contribution < -0.4 is 9.46 Å². The van der Waals surface area contributed by atoms with Gasteiger partial charge in [-0.1, -0.05) is 0 Å². The molecule has 0 fully saturated rings. The Hall–Kier alpha value is -2.87. The lowest BCUT2D eigenvalue weighted by atomic mass is 10.3. The Bertz CT molecular complexity index is 873. The number of aromatic nitrogens is 3. The number of pyridine rings is 1. The molecule has 0 spiro atoms. The summed E-state index contributed by atoms with van der Waals surface area (Å²) in [7, 11) is -2.15. The third-order valence-electron chi connectivity index (χ3n) is 3.11. The van der Waals surface area contributed by atoms with Crippen molar-refractivity contribution in [2.75, 3.05) is 11.8 Å². The van der Waals surface area contributed by atoms with Gasteiger partial charge < -0.3 is 4.74 Å². The third-order valence-corrected chi connectivity index (χ3v) is 4.51. The maximum absolute atomic E-state index is 12.3. The summed E-state index contributed by atoms with van der Waals surface area (Å²) < 4.78 is 33.7. The zero-order valence-corrected chi connectivity index (χ0v) is 13.1. The van der Waals surface area contributed by atoms with E-state index in [1.165, 1.54) is 25.4 Å². The van der Waals surface area contributed by atoms with Crippen LogP contribution in [0.4, 0.5) is 5.69 Å². The fourth-order valence-electron chi connectivity index (χ4n) is 1.96. The van der Waals surface area contributed by atoms with E-state index >= 15 is 0 Å². The second-order valence-electron chi connectivity index (χ2n) is 4.64. The fourth-order valence-corrected chi connectivity index (χ4v) is 3.00. The first-order valence-electron chi connectivity index (χ1n) is 6.71. The minimum Gasteiger partial charge on any atom is -0.497 e. The summed E-state index contributed by atoms with van der Waals surface area (Å²) in [5, 5.41) is 4.06. The Kier molecular flexibility index (Phi) is 3.98. The molecule has 0 saturated heterocycles. The second-order valence-corrected chi connectivity index (χ2v) is 6.32. The van der Waals surface area contributed by atoms with E-state index in [-0.39, 0.29) is 4.90 Å². The zero-order valence-electron chi connectivity index (χ0n) is 12.2. The minimum atomic E-state index is -3.67. The maximum Gasteiger partial charge on any atom is 0.261 e. The highest BCUT2D eigenvalue weighted by Gasteiger charge is 2.14. The molecule has 1 N–H and O–H groups in total. The molecular formula is C15H14N4O3S. The molecule has 0 bridgehead atoms. The van der Waals surface area contributed by atoms with Crippen LogP contribution in [0, 0.1) is 0 Å². The van der Waals surface area contributed by atoms with Gasteiger partial charge in [0.1, 0.15) is 5.75 Å². The molecule has 0 radical (unpaired) electrons. The molecule has 0 aliphatic rings. The number of nitrogens with one attached hydrogen (secondary N) is 1. The van der Waals surface area contributed by atoms with Gasteiger partial charge >= 0.3 is 0 Å². The number of benzene rings is 1. The monoisotopic (exact) mass is 330 g/mol. The molecule has 118 valence electrons. The molecule has 0 atom stereocenters. The average Bonchev–Trinajstić information content (AvgIpc) is 3.10. The van der Waals surface area contributed by atoms with Crippen LogP contribution in [0.2, 0.25) is 0 Å². The van der Waals surface area contributed by atoms with Crippen molar-refractivity contribution in [3.8, 4) is 11.6 Å². The van der Waals surface area contributed by atoms with Crippen molar-refractivity contribution in [3.05, 3.63) is 61.1 Å². The van der Waals surface area contributed by atoms with Gasteiger partial charge in [0.15, 0.2) is 5.82 Å². The molecule has 8 heteroatoms. The van der Waals surface area contributed by atoms with Gasteiger partial charge in [0.2, 0.25) is 0 Å². The Morgan fingerprint density at radius 2 is 1.91 bits per heavy atom. The van der Waals surface area contributed by atoms with Gasteiger partial charge in [0, 0.05) is 12.4 Å². The molecular weight excluding hydrogens is 316 g/mol. The molecule has 2 aromatic heterocycles. The number of hydrogen-bond donors (Lipinski definition) is 1. The van der Waals surface area contributed by atoms with Crippen molar-refractivity contribution < 1.29 is 13.2 Å². The largest absolute Gasteiger partial charge is 0.497 e. The van der Waals surface area contributed by atoms with E-state index in [2.05, 4.69) is 14.8 Å². The molecule has 3 aromatic rings. The Morgan fingerprint density at radius 3 is 2.48 bits per heavy atom. The number of ether oxygens (including phenoxy) is 1. The highest BCUT2D eigenvalue weighted by atomic mass is 32.2. The highest BCUT2D eigenvalue weighted by Crippen LogP contribution is 2.19. The average molecular weight is 330 g/mol. The van der Waals surface area contributed by atoms with Gasteiger partial charge in [-0.2, -0.15) is 5.10 Å². The quantitative estimate of drug-likeness (QED) is 0.774. The van der Waals surface area contributed by atoms with E-state index in [9.17, 15) is 8.42 Å². The molecule has 23 heavy (non-hydrogen) atoms. The van der Waals surface area contributed by atoms with Crippen LogP contribution in [0.3, 0.4) is 0 Å². The normalized spacial score (nSPS) is 11.2. The van der Waals surface area contributed by atoms with Crippen molar-refractivity contribution in [1.29, 1.82) is 0 Å². The van der Waals surface area contributed by atoms with Crippen LogP contribution in [0.5, 0.6) is 5.75 Å². The van der Waals surface area contributed by atoms with Crippen molar-refractivity contribution in [2.24, 2.45) is 0 Å². The fraction of sp³-hybridized carbons (Fsp3) is 0.0667. The number of rotatable bonds is 5. The predicted molar refractivity (Wildman–Crippen MR) is 85.2 cm³/mol. The first-order chi connectivity index (χ1) is 11.1. The predicted octanol–water partition coefficient (Wildman–Crippen LogP) is 2.08. The van der Waals surface area contributed by atoms with Crippen LogP contribution in [0.15, 0.2) is 66.0 Å². The van der Waals surface area contributed by atoms with Crippen LogP contribution in [0.1, 0.15) is 0 Å². The van der Waals surface area contributed by atoms with Crippen molar-refractivity contribution >= 4 is 15.7 Å². The summed E-state index contributed by atoms with van der Waals surface area (Å²) in [5.74, 6) is 1.19. The smallest absolute Gasteiger partial charge is 0.261 e. The summed E-state index contributed by atoms with van der Waals surface area (Å²) >= 11 is 0. The molecule has 7 nitrogen and oxygen atoms in total. The number of sulfonamides is 1. The van der Waals surface area contributed by atoms with Gasteiger partial charge in [0.05, 0.1) is 23.9 Å². The molecule has 0 aliphatic carbocycles. The van der Waals surface area contributed by atoms with Crippen LogP contribution in [0.25, 0.3) is 5.82 Å². The molecule has 1 aromatic carbocycles. The van der Waals surface area contributed by atoms with Gasteiger partial charge in [-0.05, 0) is 42.5 Å². The summed E-state index contributed by atoms with van der Waals surface area (Å²) in [6.07, 6.45) is 4.84. The van der Waals surface area contributed by atoms with E-state index in [1.807, 2.05) is 0 Å². The Morgan fingerprint density at radius 1 is 1.13 bits per heavy atom. The van der Waals surface area contributed by atoms with E-state index < -0.39 is 10.0 Å². The summed E-state index contributed by atoms with van der Waals surface area (Å²) in [4.78, 5) is 4.33. The van der Waals surface area contributed by atoms with Crippen molar-refractivity contribution in [2.45, 2.75) is 4.90 Å². The summed E-state index contributed by atoms with van der Waals surface area (Å²) in [6, 6.07) is 11.2. The second kappa shape index (κ2) is 6.09. The standard InChI is InChI=1S/C15H14N4O3S/c1-22-13-4-6-14(7-5-13)23(20,21)18-12-3-8-15(16-11-12)19-10-2-9-17-19/h2-11,18H,1H3. The van der Waals surface area contributed by atoms with E-state index in [4.69, 9.17) is 4.74 Å². The van der Waals surface area contributed by atoms with Crippen LogP contribution in [-0.4, -0.2) is 30.3 Å². The van der Waals surface area contributed by atoms with Crippen LogP contribution in [-0.2, 0) is 10.0 Å². The summed E-state index contributed by atoms with van der Waals surface area (Å²) in [5.41, 5.74) is 0.372. The first kappa shape index (κ1) is 15.0. The Labute approximate surface area is 133 Å². The lowest BCUT2D eigenvalue weighted by molar-refractivity contribution is 0.414. The van der Waals surface area contributed by atoms with E-state index in [0.717, 1.165) is 0 Å². The maximum atomic E-state index is 12.3. The SMILES string of the molecule is COc1ccc(S(=O)(=O)Nc2ccc(-n3cccn3)nc2)cc1. The van der Waals surface area contributed by atoms with Gasteiger partial charge in [-0.25, -0.2) is 18.1 Å². The number of nitrogens with zero attached hydrogens (tertiary/aromatic N) is 3. The Balaban J connectivity index is 1.79. The number of anilines is 1. The molecule has 0 unspecified atom stereocenters. The van der Waals surface area contributed by atoms with Gasteiger partial charge in [-0.3, -0.25) is 4.72 Å². The lowest BCUT2D eigenvalue weighted by Crippen LogP contribution is -2.13. The van der Waals surface area contributed by atoms with Gasteiger partial charge in [-0.15, -0.1) is 0 Å². The molecule has 0 saturated carbocycles. The molecule has 3 rings (SSSR count). The molecule has 2 heterocycles. The topological polar surface area (TPSA) is 86.1 Å². The van der Waals surface area contributed by atoms with E-state index in [1.54, 1.807) is 47.4 Å². The highest BCUT2D eigenvalue weighted by molar-refractivity contribution is 7.92. The molecule has 0 amide bonds. The van der Waals surface area contributed by atoms with Crippen molar-refractivity contribution in [3.63, 3.8) is 0 Å². The zero-order chi connectivity index (χ0) is 16.3. The molecule has 0 aliphatic heterocycles. The first-order valence-corrected chi connectivity index (χ1v) is 8.20. The van der Waals surface area contributed by atoms with E-state index in [0.29, 0.717) is 17.3 Å². The number of methoxy groups -OCH3 is 1. The van der Waals surface area contributed by atoms with Crippen LogP contribution >= 0.6 is 0 Å². The minimum absolute atomic E-state index is 0.148. The number of hydrogen-bond acceptors (Lipinski definition) is 5.